The van der Waals surface area contributed by atoms with Gasteiger partial charge < -0.3 is 4.74 Å². The fraction of sp³-hybridized carbons (Fsp3) is 0.100. The summed E-state index contributed by atoms with van der Waals surface area (Å²) in [4.78, 5) is 29.7. The van der Waals surface area contributed by atoms with E-state index in [-0.39, 0.29) is 28.0 Å². The van der Waals surface area contributed by atoms with Gasteiger partial charge in [0.15, 0.2) is 5.75 Å². The molecule has 2 heterocycles. The summed E-state index contributed by atoms with van der Waals surface area (Å²) in [6, 6.07) is 10.6. The number of carbonyl (C=O) groups is 1. The molecule has 0 saturated carbocycles. The molecule has 0 radical (unpaired) electrons. The van der Waals surface area contributed by atoms with Gasteiger partial charge in [0.1, 0.15) is 5.75 Å². The van der Waals surface area contributed by atoms with Crippen LogP contribution in [-0.4, -0.2) is 20.9 Å². The SMILES string of the molecule is Cc1ccnc2ccc(Oc3c(Cl)cc(CC(=O)c4noc(=O)[nH]4)cc3Cl)cc12. The zero-order valence-electron chi connectivity index (χ0n) is 15.0. The minimum Gasteiger partial charge on any atom is -0.454 e. The lowest BCUT2D eigenvalue weighted by Gasteiger charge is -2.12. The number of H-pyrrole nitrogens is 1. The highest BCUT2D eigenvalue weighted by atomic mass is 35.5. The number of benzene rings is 2. The molecule has 146 valence electrons. The summed E-state index contributed by atoms with van der Waals surface area (Å²) in [5.74, 6) is -0.562. The van der Waals surface area contributed by atoms with Gasteiger partial charge in [-0.3, -0.25) is 19.3 Å². The standard InChI is InChI=1S/C20H13Cl2N3O4/c1-10-4-5-23-16-3-2-12(9-13(10)16)28-18-14(21)6-11(7-15(18)22)8-17(26)19-24-20(27)29-25-19/h2-7,9H,8H2,1H3,(H,24,25,27). The molecule has 29 heavy (non-hydrogen) atoms. The molecule has 0 spiro atoms. The maximum Gasteiger partial charge on any atom is 0.439 e. The Hall–Kier alpha value is -3.16. The van der Waals surface area contributed by atoms with E-state index in [0.29, 0.717) is 11.3 Å². The largest absolute Gasteiger partial charge is 0.454 e. The summed E-state index contributed by atoms with van der Waals surface area (Å²) in [7, 11) is 0. The first-order chi connectivity index (χ1) is 13.9. The van der Waals surface area contributed by atoms with Crippen molar-refractivity contribution in [1.82, 2.24) is 15.1 Å². The Kier molecular flexibility index (Phi) is 5.08. The molecule has 7 nitrogen and oxygen atoms in total. The quantitative estimate of drug-likeness (QED) is 0.459. The van der Waals surface area contributed by atoms with Crippen molar-refractivity contribution in [2.45, 2.75) is 13.3 Å². The fourth-order valence-electron chi connectivity index (χ4n) is 2.88. The van der Waals surface area contributed by atoms with Gasteiger partial charge in [0, 0.05) is 18.0 Å². The molecule has 0 saturated heterocycles. The van der Waals surface area contributed by atoms with Crippen LogP contribution >= 0.6 is 23.2 Å². The number of rotatable bonds is 5. The van der Waals surface area contributed by atoms with Crippen molar-refractivity contribution < 1.29 is 14.1 Å². The van der Waals surface area contributed by atoms with Crippen LogP contribution in [0.5, 0.6) is 11.5 Å². The maximum atomic E-state index is 12.2. The summed E-state index contributed by atoms with van der Waals surface area (Å²) >= 11 is 12.7. The number of aryl methyl sites for hydroxylation is 1. The number of halogens is 2. The van der Waals surface area contributed by atoms with Gasteiger partial charge in [0.05, 0.1) is 15.6 Å². The van der Waals surface area contributed by atoms with Gasteiger partial charge >= 0.3 is 5.76 Å². The van der Waals surface area contributed by atoms with Gasteiger partial charge in [-0.2, -0.15) is 0 Å². The molecule has 4 aromatic rings. The molecule has 0 atom stereocenters. The number of hydrogen-bond donors (Lipinski definition) is 1. The summed E-state index contributed by atoms with van der Waals surface area (Å²) in [5, 5.41) is 4.83. The van der Waals surface area contributed by atoms with Crippen LogP contribution in [0.2, 0.25) is 10.0 Å². The van der Waals surface area contributed by atoms with Crippen molar-refractivity contribution in [2.24, 2.45) is 0 Å². The fourth-order valence-corrected chi connectivity index (χ4v) is 3.48. The lowest BCUT2D eigenvalue weighted by molar-refractivity contribution is 0.0980. The highest BCUT2D eigenvalue weighted by Gasteiger charge is 2.16. The van der Waals surface area contributed by atoms with Crippen LogP contribution in [-0.2, 0) is 6.42 Å². The van der Waals surface area contributed by atoms with E-state index in [1.165, 1.54) is 0 Å². The molecule has 0 unspecified atom stereocenters. The predicted molar refractivity (Wildman–Crippen MR) is 108 cm³/mol. The van der Waals surface area contributed by atoms with Crippen molar-refractivity contribution in [3.8, 4) is 11.5 Å². The third-order valence-corrected chi connectivity index (χ3v) is 4.84. The summed E-state index contributed by atoms with van der Waals surface area (Å²) < 4.78 is 10.2. The molecule has 1 N–H and O–H groups in total. The molecule has 0 aliphatic carbocycles. The van der Waals surface area contributed by atoms with E-state index in [1.807, 2.05) is 25.1 Å². The summed E-state index contributed by atoms with van der Waals surface area (Å²) in [6.45, 7) is 1.99. The van der Waals surface area contributed by atoms with E-state index in [4.69, 9.17) is 27.9 Å². The Morgan fingerprint density at radius 3 is 2.62 bits per heavy atom. The number of aromatic nitrogens is 3. The first-order valence-electron chi connectivity index (χ1n) is 8.51. The van der Waals surface area contributed by atoms with Crippen LogP contribution in [0, 0.1) is 6.92 Å². The number of pyridine rings is 1. The number of nitrogens with zero attached hydrogens (tertiary/aromatic N) is 2. The topological polar surface area (TPSA) is 98.1 Å². The van der Waals surface area contributed by atoms with Crippen LogP contribution in [0.15, 0.2) is 51.9 Å². The van der Waals surface area contributed by atoms with Crippen molar-refractivity contribution >= 4 is 39.9 Å². The lowest BCUT2D eigenvalue weighted by Crippen LogP contribution is -2.08. The number of Topliss-reactive ketones (excluding diaryl/α,β-unsaturated/α-hetero) is 1. The number of aromatic amines is 1. The van der Waals surface area contributed by atoms with Crippen LogP contribution in [0.1, 0.15) is 21.7 Å². The van der Waals surface area contributed by atoms with Gasteiger partial charge in [0.25, 0.3) is 0 Å². The third-order valence-electron chi connectivity index (χ3n) is 4.28. The second-order valence-corrected chi connectivity index (χ2v) is 7.16. The van der Waals surface area contributed by atoms with E-state index in [0.717, 1.165) is 16.5 Å². The zero-order chi connectivity index (χ0) is 20.5. The van der Waals surface area contributed by atoms with Gasteiger partial charge in [0.2, 0.25) is 11.6 Å². The molecule has 2 aromatic heterocycles. The maximum absolute atomic E-state index is 12.2. The first kappa shape index (κ1) is 19.2. The molecule has 0 aliphatic rings. The molecule has 4 rings (SSSR count). The number of carbonyl (C=O) groups excluding carboxylic acids is 1. The normalized spacial score (nSPS) is 11.0. The molecule has 0 aliphatic heterocycles. The Bertz CT molecular complexity index is 1270. The van der Waals surface area contributed by atoms with Crippen LogP contribution in [0.3, 0.4) is 0 Å². The Morgan fingerprint density at radius 1 is 1.17 bits per heavy atom. The number of hydrogen-bond acceptors (Lipinski definition) is 6. The lowest BCUT2D eigenvalue weighted by atomic mass is 10.1. The van der Waals surface area contributed by atoms with E-state index in [1.54, 1.807) is 24.4 Å². The third kappa shape index (κ3) is 4.01. The van der Waals surface area contributed by atoms with Crippen LogP contribution in [0.4, 0.5) is 0 Å². The van der Waals surface area contributed by atoms with Crippen LogP contribution < -0.4 is 10.5 Å². The van der Waals surface area contributed by atoms with Crippen molar-refractivity contribution in [3.63, 3.8) is 0 Å². The molecular weight excluding hydrogens is 417 g/mol. The predicted octanol–water partition coefficient (Wildman–Crippen LogP) is 4.74. The molecule has 0 bridgehead atoms. The minimum atomic E-state index is -0.797. The first-order valence-corrected chi connectivity index (χ1v) is 9.26. The van der Waals surface area contributed by atoms with Gasteiger partial charge in [-0.15, -0.1) is 0 Å². The average molecular weight is 430 g/mol. The van der Waals surface area contributed by atoms with Gasteiger partial charge in [-0.05, 0) is 54.4 Å². The Labute approximate surface area is 174 Å². The number of nitrogens with one attached hydrogen (secondary N) is 1. The highest BCUT2D eigenvalue weighted by Crippen LogP contribution is 2.38. The molecule has 0 amide bonds. The van der Waals surface area contributed by atoms with Crippen LogP contribution in [0.25, 0.3) is 10.9 Å². The summed E-state index contributed by atoms with van der Waals surface area (Å²) in [6.07, 6.45) is 1.68. The van der Waals surface area contributed by atoms with E-state index < -0.39 is 11.5 Å². The van der Waals surface area contributed by atoms with Crippen molar-refractivity contribution in [1.29, 1.82) is 0 Å². The molecule has 2 aromatic carbocycles. The van der Waals surface area contributed by atoms with Crippen molar-refractivity contribution in [2.75, 3.05) is 0 Å². The van der Waals surface area contributed by atoms with Crippen molar-refractivity contribution in [3.05, 3.63) is 80.1 Å². The highest BCUT2D eigenvalue weighted by molar-refractivity contribution is 6.37. The molecule has 0 fully saturated rings. The van der Waals surface area contributed by atoms with Gasteiger partial charge in [-0.1, -0.05) is 28.4 Å². The average Bonchev–Trinajstić information content (AvgIpc) is 3.12. The molecular formula is C20H13Cl2N3O4. The Morgan fingerprint density at radius 2 is 1.93 bits per heavy atom. The second kappa shape index (κ2) is 7.69. The Balaban J connectivity index is 1.60. The number of ketones is 1. The molecule has 9 heteroatoms. The number of ether oxygens (including phenoxy) is 1. The zero-order valence-corrected chi connectivity index (χ0v) is 16.5. The van der Waals surface area contributed by atoms with Gasteiger partial charge in [-0.25, -0.2) is 4.79 Å². The summed E-state index contributed by atoms with van der Waals surface area (Å²) in [5.41, 5.74) is 2.46. The smallest absolute Gasteiger partial charge is 0.439 e. The second-order valence-electron chi connectivity index (χ2n) is 6.34. The number of fused-ring (bicyclic) bond motifs is 1. The van der Waals surface area contributed by atoms with E-state index >= 15 is 0 Å². The van der Waals surface area contributed by atoms with E-state index in [2.05, 4.69) is 19.6 Å². The minimum absolute atomic E-state index is 0.0664. The monoisotopic (exact) mass is 429 g/mol. The van der Waals surface area contributed by atoms with E-state index in [9.17, 15) is 9.59 Å².